The Kier molecular flexibility index (Phi) is 11.1. The summed E-state index contributed by atoms with van der Waals surface area (Å²) in [5.74, 6) is 0.545. The van der Waals surface area contributed by atoms with Gasteiger partial charge in [-0.05, 0) is 152 Å². The Morgan fingerprint density at radius 1 is 0.311 bits per heavy atom. The number of furan rings is 1. The highest BCUT2D eigenvalue weighted by molar-refractivity contribution is 6.29. The van der Waals surface area contributed by atoms with Gasteiger partial charge in [-0.15, -0.1) is 0 Å². The number of benzene rings is 12. The molecule has 1 aromatic heterocycles. The van der Waals surface area contributed by atoms with Gasteiger partial charge in [0.15, 0.2) is 0 Å². The summed E-state index contributed by atoms with van der Waals surface area (Å²) < 4.78 is 6.43. The van der Waals surface area contributed by atoms with Crippen molar-refractivity contribution in [2.24, 2.45) is 0 Å². The van der Waals surface area contributed by atoms with Crippen molar-refractivity contribution in [1.29, 1.82) is 0 Å². The molecule has 0 unspecified atom stereocenters. The van der Waals surface area contributed by atoms with Crippen LogP contribution in [-0.2, 0) is 0 Å². The highest BCUT2D eigenvalue weighted by Gasteiger charge is 2.27. The van der Waals surface area contributed by atoms with Crippen molar-refractivity contribution in [2.45, 2.75) is 46.5 Å². The van der Waals surface area contributed by atoms with Crippen LogP contribution in [-0.4, -0.2) is 0 Å². The molecule has 74 heavy (non-hydrogen) atoms. The second kappa shape index (κ2) is 18.3. The highest BCUT2D eigenvalue weighted by atomic mass is 16.3. The largest absolute Gasteiger partial charge is 0.456 e. The van der Waals surface area contributed by atoms with Crippen LogP contribution >= 0.6 is 0 Å². The van der Waals surface area contributed by atoms with Crippen molar-refractivity contribution in [3.05, 3.63) is 253 Å². The zero-order valence-corrected chi connectivity index (χ0v) is 42.5. The number of anilines is 6. The Balaban J connectivity index is 1.04. The quantitative estimate of drug-likeness (QED) is 0.120. The lowest BCUT2D eigenvalue weighted by Crippen LogP contribution is -2.13. The van der Waals surface area contributed by atoms with E-state index in [2.05, 4.69) is 275 Å². The number of rotatable bonds is 11. The van der Waals surface area contributed by atoms with E-state index in [0.717, 1.165) is 56.1 Å². The maximum atomic E-state index is 6.43. The fourth-order valence-corrected chi connectivity index (χ4v) is 11.6. The first-order valence-electron chi connectivity index (χ1n) is 26.0. The standard InChI is InChI=1S/C71H56N2O/c1-45(2)61-43-63(50-30-34-52(35-31-50)72(51-32-28-47(5)29-33-51)65-25-15-12-22-54(65)48-18-8-6-9-19-48)59-38-37-58-62(46(3)4)44-67(60-40-39-57(61)70(59)71(58)60)73(66-26-16-13-23-55(66)49-20-10-7-11-21-49)53-36-41-69-64(42-53)56-24-14-17-27-68(56)74-69/h6-46H,1-5H3. The van der Waals surface area contributed by atoms with Crippen molar-refractivity contribution in [3.8, 4) is 33.4 Å². The summed E-state index contributed by atoms with van der Waals surface area (Å²) >= 11 is 0. The van der Waals surface area contributed by atoms with Gasteiger partial charge in [0.1, 0.15) is 11.2 Å². The first-order chi connectivity index (χ1) is 36.3. The molecule has 0 fully saturated rings. The normalized spacial score (nSPS) is 11.8. The molecule has 0 atom stereocenters. The lowest BCUT2D eigenvalue weighted by Gasteiger charge is -2.31. The lowest BCUT2D eigenvalue weighted by atomic mass is 9.82. The number of hydrogen-bond acceptors (Lipinski definition) is 3. The van der Waals surface area contributed by atoms with Crippen molar-refractivity contribution in [2.75, 3.05) is 9.80 Å². The molecule has 0 aliphatic rings. The predicted octanol–water partition coefficient (Wildman–Crippen LogP) is 21.0. The molecule has 1 heterocycles. The monoisotopic (exact) mass is 952 g/mol. The number of aryl methyl sites for hydroxylation is 1. The molecule has 3 heteroatoms. The smallest absolute Gasteiger partial charge is 0.135 e. The summed E-state index contributed by atoms with van der Waals surface area (Å²) in [6.45, 7) is 11.5. The maximum absolute atomic E-state index is 6.43. The third-order valence-corrected chi connectivity index (χ3v) is 15.2. The molecular formula is C71H56N2O. The first kappa shape index (κ1) is 45.0. The molecule has 0 spiro atoms. The third kappa shape index (κ3) is 7.58. The van der Waals surface area contributed by atoms with Gasteiger partial charge in [-0.25, -0.2) is 0 Å². The van der Waals surface area contributed by atoms with E-state index in [1.165, 1.54) is 82.4 Å². The number of para-hydroxylation sites is 3. The molecule has 0 saturated heterocycles. The van der Waals surface area contributed by atoms with Crippen molar-refractivity contribution in [3.63, 3.8) is 0 Å². The summed E-state index contributed by atoms with van der Waals surface area (Å²) in [5, 5.41) is 9.93. The second-order valence-corrected chi connectivity index (χ2v) is 20.5. The zero-order valence-electron chi connectivity index (χ0n) is 42.5. The van der Waals surface area contributed by atoms with E-state index in [-0.39, 0.29) is 5.92 Å². The minimum atomic E-state index is 0.255. The van der Waals surface area contributed by atoms with E-state index in [9.17, 15) is 0 Å². The Hall–Kier alpha value is -8.92. The van der Waals surface area contributed by atoms with E-state index >= 15 is 0 Å². The van der Waals surface area contributed by atoms with Gasteiger partial charge in [0.25, 0.3) is 0 Å². The van der Waals surface area contributed by atoms with E-state index in [1.807, 2.05) is 6.07 Å². The van der Waals surface area contributed by atoms with Gasteiger partial charge in [-0.2, -0.15) is 0 Å². The number of hydrogen-bond donors (Lipinski definition) is 0. The second-order valence-electron chi connectivity index (χ2n) is 20.5. The summed E-state index contributed by atoms with van der Waals surface area (Å²) in [6.07, 6.45) is 0. The topological polar surface area (TPSA) is 19.6 Å². The average Bonchev–Trinajstić information content (AvgIpc) is 3.82. The van der Waals surface area contributed by atoms with Crippen LogP contribution in [0.15, 0.2) is 241 Å². The van der Waals surface area contributed by atoms with Gasteiger partial charge in [0, 0.05) is 44.3 Å². The van der Waals surface area contributed by atoms with E-state index in [0.29, 0.717) is 5.92 Å². The third-order valence-electron chi connectivity index (χ3n) is 15.2. The van der Waals surface area contributed by atoms with Crippen LogP contribution in [0.1, 0.15) is 56.2 Å². The Labute approximate surface area is 433 Å². The molecular weight excluding hydrogens is 897 g/mol. The fourth-order valence-electron chi connectivity index (χ4n) is 11.6. The van der Waals surface area contributed by atoms with Crippen molar-refractivity contribution in [1.82, 2.24) is 0 Å². The summed E-state index contributed by atoms with van der Waals surface area (Å²) in [6, 6.07) is 87.0. The van der Waals surface area contributed by atoms with Gasteiger partial charge >= 0.3 is 0 Å². The van der Waals surface area contributed by atoms with Crippen molar-refractivity contribution >= 4 is 88.4 Å². The Morgan fingerprint density at radius 2 is 0.784 bits per heavy atom. The van der Waals surface area contributed by atoms with Crippen LogP contribution < -0.4 is 9.80 Å². The minimum absolute atomic E-state index is 0.255. The predicted molar refractivity (Wildman–Crippen MR) is 316 cm³/mol. The van der Waals surface area contributed by atoms with Crippen LogP contribution in [0.2, 0.25) is 0 Å². The molecule has 0 aliphatic heterocycles. The molecule has 0 amide bonds. The van der Waals surface area contributed by atoms with E-state index in [4.69, 9.17) is 4.42 Å². The minimum Gasteiger partial charge on any atom is -0.456 e. The van der Waals surface area contributed by atoms with Gasteiger partial charge < -0.3 is 14.2 Å². The SMILES string of the molecule is Cc1ccc(N(c2ccc(-c3cc(C(C)C)c4ccc5c(N(c6ccc7oc8ccccc8c7c6)c6ccccc6-c6ccccc6)cc(C(C)C)c6ccc3c4c65)cc2)c2ccccc2-c2ccccc2)cc1. The van der Waals surface area contributed by atoms with E-state index in [1.54, 1.807) is 0 Å². The lowest BCUT2D eigenvalue weighted by molar-refractivity contribution is 0.669. The van der Waals surface area contributed by atoms with Crippen LogP contribution in [0.25, 0.3) is 87.6 Å². The number of nitrogens with zero attached hydrogens (tertiary/aromatic N) is 2. The van der Waals surface area contributed by atoms with Gasteiger partial charge in [-0.1, -0.05) is 197 Å². The summed E-state index contributed by atoms with van der Waals surface area (Å²) in [4.78, 5) is 4.92. The van der Waals surface area contributed by atoms with Gasteiger partial charge in [0.05, 0.1) is 17.1 Å². The summed E-state index contributed by atoms with van der Waals surface area (Å²) in [7, 11) is 0. The zero-order chi connectivity index (χ0) is 50.0. The Bertz CT molecular complexity index is 4190. The Morgan fingerprint density at radius 3 is 1.42 bits per heavy atom. The molecule has 0 bridgehead atoms. The van der Waals surface area contributed by atoms with E-state index < -0.39 is 0 Å². The molecule has 3 nitrogen and oxygen atoms in total. The van der Waals surface area contributed by atoms with Gasteiger partial charge in [0.2, 0.25) is 0 Å². The average molecular weight is 953 g/mol. The molecule has 356 valence electrons. The van der Waals surface area contributed by atoms with Crippen LogP contribution in [0.3, 0.4) is 0 Å². The molecule has 13 aromatic rings. The first-order valence-corrected chi connectivity index (χ1v) is 26.0. The maximum Gasteiger partial charge on any atom is 0.135 e. The molecule has 0 saturated carbocycles. The summed E-state index contributed by atoms with van der Waals surface area (Å²) in [5.41, 5.74) is 19.5. The molecule has 12 aromatic carbocycles. The highest BCUT2D eigenvalue weighted by Crippen LogP contribution is 2.52. The van der Waals surface area contributed by atoms with Crippen molar-refractivity contribution < 1.29 is 4.42 Å². The van der Waals surface area contributed by atoms with Crippen LogP contribution in [0, 0.1) is 6.92 Å². The van der Waals surface area contributed by atoms with Gasteiger partial charge in [-0.3, -0.25) is 0 Å². The van der Waals surface area contributed by atoms with Crippen LogP contribution in [0.4, 0.5) is 34.1 Å². The number of fused-ring (bicyclic) bond motifs is 3. The fraction of sp³-hybridized carbons (Fsp3) is 0.0986. The molecule has 0 aliphatic carbocycles. The van der Waals surface area contributed by atoms with Crippen LogP contribution in [0.5, 0.6) is 0 Å². The molecule has 0 N–H and O–H groups in total. The molecule has 13 rings (SSSR count). The molecule has 0 radical (unpaired) electrons.